The smallest absolute Gasteiger partial charge is 0.333 e. The summed E-state index contributed by atoms with van der Waals surface area (Å²) in [5.41, 5.74) is 0.211. The first-order chi connectivity index (χ1) is 8.69. The molecule has 108 valence electrons. The zero-order valence-corrected chi connectivity index (χ0v) is 12.5. The second-order valence-electron chi connectivity index (χ2n) is 5.98. The molecule has 1 aliphatic rings. The van der Waals surface area contributed by atoms with Gasteiger partial charge in [-0.2, -0.15) is 0 Å². The van der Waals surface area contributed by atoms with Gasteiger partial charge in [0, 0.05) is 31.5 Å². The van der Waals surface area contributed by atoms with E-state index in [0.717, 1.165) is 25.9 Å². The molecule has 19 heavy (non-hydrogen) atoms. The maximum absolute atomic E-state index is 11.4. The monoisotopic (exact) mass is 267 g/mol. The van der Waals surface area contributed by atoms with Crippen molar-refractivity contribution < 1.29 is 14.3 Å². The van der Waals surface area contributed by atoms with Crippen LogP contribution in [0.2, 0.25) is 0 Å². The van der Waals surface area contributed by atoms with E-state index in [9.17, 15) is 4.79 Å². The van der Waals surface area contributed by atoms with Crippen LogP contribution in [0.3, 0.4) is 0 Å². The summed E-state index contributed by atoms with van der Waals surface area (Å²) in [6.45, 7) is 16.8. The Morgan fingerprint density at radius 1 is 1.21 bits per heavy atom. The molecule has 0 N–H and O–H groups in total. The van der Waals surface area contributed by atoms with E-state index in [1.807, 2.05) is 20.8 Å². The van der Waals surface area contributed by atoms with Crippen molar-refractivity contribution in [2.45, 2.75) is 52.2 Å². The van der Waals surface area contributed by atoms with Crippen LogP contribution in [-0.4, -0.2) is 35.7 Å². The van der Waals surface area contributed by atoms with Crippen molar-refractivity contribution >= 4 is 5.97 Å². The summed E-state index contributed by atoms with van der Waals surface area (Å²) in [7, 11) is 0. The maximum atomic E-state index is 11.4. The van der Waals surface area contributed by atoms with Crippen LogP contribution in [-0.2, 0) is 14.3 Å². The largest absolute Gasteiger partial charge is 0.474 e. The first-order valence-corrected chi connectivity index (χ1v) is 6.68. The predicted molar refractivity (Wildman–Crippen MR) is 75.5 cm³/mol. The van der Waals surface area contributed by atoms with E-state index in [-0.39, 0.29) is 17.7 Å². The van der Waals surface area contributed by atoms with Crippen molar-refractivity contribution in [1.82, 2.24) is 4.90 Å². The third kappa shape index (κ3) is 5.37. The number of nitrogens with zero attached hydrogens (tertiary/aromatic N) is 1. The van der Waals surface area contributed by atoms with Gasteiger partial charge in [0.25, 0.3) is 0 Å². The molecule has 0 aliphatic carbocycles. The zero-order chi connectivity index (χ0) is 14.6. The number of hydrogen-bond acceptors (Lipinski definition) is 4. The van der Waals surface area contributed by atoms with Gasteiger partial charge in [-0.15, -0.1) is 0 Å². The molecule has 0 amide bonds. The minimum atomic E-state index is -0.303. The summed E-state index contributed by atoms with van der Waals surface area (Å²) in [6.07, 6.45) is 1.57. The minimum Gasteiger partial charge on any atom is -0.474 e. The van der Waals surface area contributed by atoms with Crippen molar-refractivity contribution in [2.75, 3.05) is 13.1 Å². The predicted octanol–water partition coefficient (Wildman–Crippen LogP) is 2.86. The Morgan fingerprint density at radius 3 is 2.16 bits per heavy atom. The molecule has 1 aliphatic heterocycles. The maximum Gasteiger partial charge on any atom is 0.333 e. The molecule has 0 spiro atoms. The van der Waals surface area contributed by atoms with Crippen LogP contribution < -0.4 is 0 Å². The number of esters is 1. The van der Waals surface area contributed by atoms with Crippen LogP contribution in [0, 0.1) is 0 Å². The lowest BCUT2D eigenvalue weighted by Crippen LogP contribution is -2.39. The van der Waals surface area contributed by atoms with Gasteiger partial charge in [-0.05, 0) is 34.3 Å². The lowest BCUT2D eigenvalue weighted by Gasteiger charge is -2.36. The molecular weight excluding hydrogens is 242 g/mol. The molecule has 0 bridgehead atoms. The van der Waals surface area contributed by atoms with Crippen LogP contribution >= 0.6 is 0 Å². The molecule has 1 saturated heterocycles. The Bertz CT molecular complexity index is 360. The highest BCUT2D eigenvalue weighted by atomic mass is 16.5. The lowest BCUT2D eigenvalue weighted by atomic mass is 10.1. The number of likely N-dealkylation sites (tertiary alicyclic amines) is 1. The number of piperidine rings is 1. The number of hydrogen-bond donors (Lipinski definition) is 0. The van der Waals surface area contributed by atoms with Gasteiger partial charge in [0.05, 0.1) is 0 Å². The topological polar surface area (TPSA) is 38.8 Å². The van der Waals surface area contributed by atoms with Gasteiger partial charge in [-0.3, -0.25) is 0 Å². The molecule has 1 heterocycles. The summed E-state index contributed by atoms with van der Waals surface area (Å²) in [5.74, 6) is 0.389. The van der Waals surface area contributed by atoms with Gasteiger partial charge in [0.15, 0.2) is 5.88 Å². The fourth-order valence-electron chi connectivity index (χ4n) is 1.89. The van der Waals surface area contributed by atoms with Crippen molar-refractivity contribution in [3.63, 3.8) is 0 Å². The van der Waals surface area contributed by atoms with E-state index < -0.39 is 0 Å². The molecule has 4 nitrogen and oxygen atoms in total. The molecule has 0 aromatic carbocycles. The third-order valence-electron chi connectivity index (χ3n) is 2.84. The highest BCUT2D eigenvalue weighted by Crippen LogP contribution is 2.21. The summed E-state index contributed by atoms with van der Waals surface area (Å²) in [6, 6.07) is 0. The summed E-state index contributed by atoms with van der Waals surface area (Å²) in [4.78, 5) is 13.5. The Balaban J connectivity index is 2.39. The van der Waals surface area contributed by atoms with Crippen molar-refractivity contribution in [3.05, 3.63) is 24.6 Å². The van der Waals surface area contributed by atoms with E-state index in [1.54, 1.807) is 6.92 Å². The standard InChI is InChI=1S/C15H25NO3/c1-11(2)14(17)18-13-7-9-16(10-8-13)12(3)19-15(4,5)6/h13H,1,3,7-10H2,2,4-6H3. The molecule has 0 unspecified atom stereocenters. The van der Waals surface area contributed by atoms with Gasteiger partial charge in [-0.1, -0.05) is 6.58 Å². The van der Waals surface area contributed by atoms with Crippen LogP contribution in [0.1, 0.15) is 40.5 Å². The van der Waals surface area contributed by atoms with Gasteiger partial charge in [0.2, 0.25) is 0 Å². The number of rotatable bonds is 4. The molecule has 0 radical (unpaired) electrons. The average Bonchev–Trinajstić information content (AvgIpc) is 2.27. The number of ether oxygens (including phenoxy) is 2. The lowest BCUT2D eigenvalue weighted by molar-refractivity contribution is -0.146. The van der Waals surface area contributed by atoms with Gasteiger partial charge >= 0.3 is 5.97 Å². The Kier molecular flexibility index (Phi) is 5.04. The minimum absolute atomic E-state index is 0.0251. The highest BCUT2D eigenvalue weighted by Gasteiger charge is 2.25. The molecule has 0 aromatic heterocycles. The molecule has 1 rings (SSSR count). The number of carbonyl (C=O) groups excluding carboxylic acids is 1. The van der Waals surface area contributed by atoms with E-state index in [2.05, 4.69) is 18.1 Å². The van der Waals surface area contributed by atoms with Crippen molar-refractivity contribution in [2.24, 2.45) is 0 Å². The Hall–Kier alpha value is -1.45. The molecule has 0 aromatic rings. The van der Waals surface area contributed by atoms with Crippen LogP contribution in [0.25, 0.3) is 0 Å². The second-order valence-corrected chi connectivity index (χ2v) is 5.98. The first kappa shape index (κ1) is 15.6. The molecule has 0 atom stereocenters. The molecular formula is C15H25NO3. The average molecular weight is 267 g/mol. The quantitative estimate of drug-likeness (QED) is 0.446. The zero-order valence-electron chi connectivity index (χ0n) is 12.5. The Morgan fingerprint density at radius 2 is 1.74 bits per heavy atom. The van der Waals surface area contributed by atoms with Gasteiger partial charge < -0.3 is 14.4 Å². The van der Waals surface area contributed by atoms with E-state index in [4.69, 9.17) is 9.47 Å². The Labute approximate surface area is 116 Å². The first-order valence-electron chi connectivity index (χ1n) is 6.68. The molecule has 4 heteroatoms. The number of carbonyl (C=O) groups is 1. The van der Waals surface area contributed by atoms with E-state index in [0.29, 0.717) is 11.5 Å². The SMILES string of the molecule is C=C(C)C(=O)OC1CCN(C(=C)OC(C)(C)C)CC1. The van der Waals surface area contributed by atoms with Gasteiger partial charge in [0.1, 0.15) is 11.7 Å². The van der Waals surface area contributed by atoms with Crippen LogP contribution in [0.5, 0.6) is 0 Å². The summed E-state index contributed by atoms with van der Waals surface area (Å²) >= 11 is 0. The summed E-state index contributed by atoms with van der Waals surface area (Å²) < 4.78 is 11.1. The van der Waals surface area contributed by atoms with Crippen molar-refractivity contribution in [3.8, 4) is 0 Å². The fourth-order valence-corrected chi connectivity index (χ4v) is 1.89. The second kappa shape index (κ2) is 6.13. The molecule has 0 saturated carbocycles. The van der Waals surface area contributed by atoms with E-state index in [1.165, 1.54) is 0 Å². The third-order valence-corrected chi connectivity index (χ3v) is 2.84. The molecule has 1 fully saturated rings. The van der Waals surface area contributed by atoms with Crippen LogP contribution in [0.4, 0.5) is 0 Å². The normalized spacial score (nSPS) is 16.9. The summed E-state index contributed by atoms with van der Waals surface area (Å²) in [5, 5.41) is 0. The fraction of sp³-hybridized carbons (Fsp3) is 0.667. The van der Waals surface area contributed by atoms with E-state index >= 15 is 0 Å². The van der Waals surface area contributed by atoms with Crippen LogP contribution in [0.15, 0.2) is 24.6 Å². The van der Waals surface area contributed by atoms with Gasteiger partial charge in [-0.25, -0.2) is 4.79 Å². The van der Waals surface area contributed by atoms with Crippen molar-refractivity contribution in [1.29, 1.82) is 0 Å². The highest BCUT2D eigenvalue weighted by molar-refractivity contribution is 5.87.